The minimum atomic E-state index is -0.713. The van der Waals surface area contributed by atoms with Gasteiger partial charge in [0.05, 0.1) is 19.1 Å². The second-order valence-electron chi connectivity index (χ2n) is 6.08. The molecule has 0 saturated carbocycles. The summed E-state index contributed by atoms with van der Waals surface area (Å²) in [5, 5.41) is 9.55. The van der Waals surface area contributed by atoms with Gasteiger partial charge in [0.1, 0.15) is 6.61 Å². The SMILES string of the molecule is COc1cc(/C=N/NC(=O)CSc2n[nH]c(=O)[nH]c2=O)ccc1OCc1ccccc1. The lowest BCUT2D eigenvalue weighted by Gasteiger charge is -2.11. The van der Waals surface area contributed by atoms with E-state index in [0.717, 1.165) is 17.3 Å². The van der Waals surface area contributed by atoms with Gasteiger partial charge in [0, 0.05) is 0 Å². The Bertz CT molecular complexity index is 1180. The first-order chi connectivity index (χ1) is 15.0. The predicted octanol–water partition coefficient (Wildman–Crippen LogP) is 1.29. The van der Waals surface area contributed by atoms with Gasteiger partial charge in [0.15, 0.2) is 16.5 Å². The van der Waals surface area contributed by atoms with Crippen LogP contribution in [0, 0.1) is 0 Å². The van der Waals surface area contributed by atoms with Crippen molar-refractivity contribution in [3.05, 3.63) is 80.5 Å². The van der Waals surface area contributed by atoms with Gasteiger partial charge in [-0.15, -0.1) is 0 Å². The summed E-state index contributed by atoms with van der Waals surface area (Å²) in [6.07, 6.45) is 1.46. The molecule has 1 aromatic heterocycles. The van der Waals surface area contributed by atoms with Crippen molar-refractivity contribution in [3.8, 4) is 11.5 Å². The number of methoxy groups -OCH3 is 1. The minimum absolute atomic E-state index is 0.0189. The highest BCUT2D eigenvalue weighted by atomic mass is 32.2. The maximum Gasteiger partial charge on any atom is 0.342 e. The van der Waals surface area contributed by atoms with Gasteiger partial charge in [-0.2, -0.15) is 10.2 Å². The Morgan fingerprint density at radius 3 is 2.74 bits per heavy atom. The quantitative estimate of drug-likeness (QED) is 0.258. The molecule has 0 spiro atoms. The highest BCUT2D eigenvalue weighted by Crippen LogP contribution is 2.28. The molecule has 0 unspecified atom stereocenters. The summed E-state index contributed by atoms with van der Waals surface area (Å²) >= 11 is 0.874. The summed E-state index contributed by atoms with van der Waals surface area (Å²) in [6, 6.07) is 15.0. The van der Waals surface area contributed by atoms with E-state index < -0.39 is 17.2 Å². The molecular weight excluding hydrogens is 422 g/mol. The van der Waals surface area contributed by atoms with Crippen molar-refractivity contribution in [1.82, 2.24) is 20.6 Å². The van der Waals surface area contributed by atoms with E-state index in [1.807, 2.05) is 35.3 Å². The molecule has 1 heterocycles. The van der Waals surface area contributed by atoms with Crippen LogP contribution in [0.3, 0.4) is 0 Å². The topological polar surface area (TPSA) is 139 Å². The van der Waals surface area contributed by atoms with Gasteiger partial charge >= 0.3 is 5.69 Å². The number of ether oxygens (including phenoxy) is 2. The maximum atomic E-state index is 11.9. The van der Waals surface area contributed by atoms with Crippen molar-refractivity contribution in [2.24, 2.45) is 5.10 Å². The smallest absolute Gasteiger partial charge is 0.342 e. The Kier molecular flexibility index (Phi) is 7.60. The molecule has 3 rings (SSSR count). The molecule has 2 aromatic carbocycles. The number of nitrogens with one attached hydrogen (secondary N) is 3. The number of hydrogen-bond donors (Lipinski definition) is 3. The lowest BCUT2D eigenvalue weighted by Crippen LogP contribution is -2.26. The molecule has 1 amide bonds. The van der Waals surface area contributed by atoms with Gasteiger partial charge in [-0.1, -0.05) is 42.1 Å². The van der Waals surface area contributed by atoms with E-state index in [0.29, 0.717) is 23.7 Å². The Balaban J connectivity index is 1.53. The average molecular weight is 441 g/mol. The number of aromatic amines is 2. The fourth-order valence-corrected chi connectivity index (χ4v) is 3.02. The van der Waals surface area contributed by atoms with Gasteiger partial charge < -0.3 is 9.47 Å². The lowest BCUT2D eigenvalue weighted by molar-refractivity contribution is -0.118. The summed E-state index contributed by atoms with van der Waals surface area (Å²) in [5.74, 6) is 0.575. The van der Waals surface area contributed by atoms with Crippen molar-refractivity contribution in [2.45, 2.75) is 11.6 Å². The summed E-state index contributed by atoms with van der Waals surface area (Å²) < 4.78 is 11.2. The molecular formula is C20H19N5O5S. The van der Waals surface area contributed by atoms with Crippen molar-refractivity contribution >= 4 is 23.9 Å². The molecule has 10 nitrogen and oxygen atoms in total. The van der Waals surface area contributed by atoms with E-state index in [1.165, 1.54) is 13.3 Å². The molecule has 0 aliphatic rings. The molecule has 0 fully saturated rings. The normalized spacial score (nSPS) is 10.7. The first kappa shape index (κ1) is 21.8. The monoisotopic (exact) mass is 441 g/mol. The zero-order valence-electron chi connectivity index (χ0n) is 16.5. The van der Waals surface area contributed by atoms with Crippen LogP contribution >= 0.6 is 11.8 Å². The number of nitrogens with zero attached hydrogens (tertiary/aromatic N) is 2. The number of hydrogen-bond acceptors (Lipinski definition) is 8. The van der Waals surface area contributed by atoms with E-state index in [1.54, 1.807) is 18.2 Å². The van der Waals surface area contributed by atoms with Crippen molar-refractivity contribution in [1.29, 1.82) is 0 Å². The molecule has 3 aromatic rings. The highest BCUT2D eigenvalue weighted by Gasteiger charge is 2.08. The second-order valence-corrected chi connectivity index (χ2v) is 7.04. The summed E-state index contributed by atoms with van der Waals surface area (Å²) in [6.45, 7) is 0.408. The Morgan fingerprint density at radius 1 is 1.19 bits per heavy atom. The molecule has 3 N–H and O–H groups in total. The number of hydrazone groups is 1. The van der Waals surface area contributed by atoms with Crippen LogP contribution in [0.1, 0.15) is 11.1 Å². The molecule has 0 bridgehead atoms. The highest BCUT2D eigenvalue weighted by molar-refractivity contribution is 7.99. The van der Waals surface area contributed by atoms with E-state index >= 15 is 0 Å². The van der Waals surface area contributed by atoms with Crippen molar-refractivity contribution in [3.63, 3.8) is 0 Å². The fourth-order valence-electron chi connectivity index (χ4n) is 2.40. The molecule has 0 aliphatic carbocycles. The zero-order valence-corrected chi connectivity index (χ0v) is 17.3. The number of benzene rings is 2. The van der Waals surface area contributed by atoms with E-state index in [-0.39, 0.29) is 10.8 Å². The van der Waals surface area contributed by atoms with Crippen LogP contribution < -0.4 is 26.1 Å². The third kappa shape index (κ3) is 6.57. The molecule has 160 valence electrons. The van der Waals surface area contributed by atoms with Crippen molar-refractivity contribution < 1.29 is 14.3 Å². The van der Waals surface area contributed by atoms with Gasteiger partial charge in [-0.25, -0.2) is 15.3 Å². The number of H-pyrrole nitrogens is 2. The molecule has 0 aliphatic heterocycles. The van der Waals surface area contributed by atoms with Crippen LogP contribution in [-0.2, 0) is 11.4 Å². The molecule has 0 atom stereocenters. The van der Waals surface area contributed by atoms with Gasteiger partial charge in [0.25, 0.3) is 5.56 Å². The Morgan fingerprint density at radius 2 is 2.00 bits per heavy atom. The Hall–Kier alpha value is -3.86. The zero-order chi connectivity index (χ0) is 22.1. The molecule has 0 radical (unpaired) electrons. The van der Waals surface area contributed by atoms with Crippen LogP contribution in [0.5, 0.6) is 11.5 Å². The molecule has 0 saturated heterocycles. The van der Waals surface area contributed by atoms with Crippen LogP contribution in [-0.4, -0.2) is 40.2 Å². The maximum absolute atomic E-state index is 11.9. The van der Waals surface area contributed by atoms with E-state index in [2.05, 4.69) is 20.7 Å². The standard InChI is InChI=1S/C20H19N5O5S/c1-29-16-9-14(7-8-15(16)30-11-13-5-3-2-4-6-13)10-21-23-17(26)12-31-19-18(27)22-20(28)25-24-19/h2-10H,11-12H2,1H3,(H,23,26)(H2,22,25,27,28)/b21-10+. The van der Waals surface area contributed by atoms with E-state index in [4.69, 9.17) is 9.47 Å². The number of rotatable bonds is 9. The molecule has 11 heteroatoms. The minimum Gasteiger partial charge on any atom is -0.493 e. The first-order valence-corrected chi connectivity index (χ1v) is 10.0. The van der Waals surface area contributed by atoms with Crippen LogP contribution in [0.4, 0.5) is 0 Å². The van der Waals surface area contributed by atoms with Gasteiger partial charge in [-0.3, -0.25) is 14.6 Å². The van der Waals surface area contributed by atoms with Gasteiger partial charge in [0.2, 0.25) is 5.91 Å². The second kappa shape index (κ2) is 10.8. The number of carbonyl (C=O) groups is 1. The van der Waals surface area contributed by atoms with E-state index in [9.17, 15) is 14.4 Å². The van der Waals surface area contributed by atoms with Crippen molar-refractivity contribution in [2.75, 3.05) is 12.9 Å². The predicted molar refractivity (Wildman–Crippen MR) is 116 cm³/mol. The first-order valence-electron chi connectivity index (χ1n) is 9.03. The summed E-state index contributed by atoms with van der Waals surface area (Å²) in [7, 11) is 1.54. The van der Waals surface area contributed by atoms with Crippen LogP contribution in [0.2, 0.25) is 0 Å². The fraction of sp³-hybridized carbons (Fsp3) is 0.150. The largest absolute Gasteiger partial charge is 0.493 e. The Labute approximate surface area is 180 Å². The summed E-state index contributed by atoms with van der Waals surface area (Å²) in [4.78, 5) is 36.4. The van der Waals surface area contributed by atoms with Crippen LogP contribution in [0.15, 0.2) is 68.2 Å². The molecule has 31 heavy (non-hydrogen) atoms. The third-order valence-corrected chi connectivity index (χ3v) is 4.80. The number of carbonyl (C=O) groups excluding carboxylic acids is 1. The lowest BCUT2D eigenvalue weighted by atomic mass is 10.2. The third-order valence-electron chi connectivity index (χ3n) is 3.85. The average Bonchev–Trinajstić information content (AvgIpc) is 2.78. The number of aromatic nitrogens is 3. The number of thioether (sulfide) groups is 1. The number of amides is 1. The van der Waals surface area contributed by atoms with Gasteiger partial charge in [-0.05, 0) is 29.3 Å². The summed E-state index contributed by atoms with van der Waals surface area (Å²) in [5.41, 5.74) is 2.71. The van der Waals surface area contributed by atoms with Crippen LogP contribution in [0.25, 0.3) is 0 Å².